The Hall–Kier alpha value is -1.05. The predicted octanol–water partition coefficient (Wildman–Crippen LogP) is 6.52. The summed E-state index contributed by atoms with van der Waals surface area (Å²) in [6.07, 6.45) is 18.8. The summed E-state index contributed by atoms with van der Waals surface area (Å²) >= 11 is 0. The average molecular weight is 396 g/mol. The summed E-state index contributed by atoms with van der Waals surface area (Å²) in [6, 6.07) is 0. The molecule has 29 heavy (non-hydrogen) atoms. The molecule has 2 nitrogen and oxygen atoms in total. The Morgan fingerprint density at radius 1 is 1.00 bits per heavy atom. The van der Waals surface area contributed by atoms with Crippen LogP contribution >= 0.6 is 0 Å². The fourth-order valence-corrected chi connectivity index (χ4v) is 8.73. The number of likely N-dealkylation sites (tertiary alicyclic amines) is 1. The first kappa shape index (κ1) is 19.9. The molecule has 5 aliphatic rings. The lowest BCUT2D eigenvalue weighted by molar-refractivity contribution is -0.117. The first-order valence-corrected chi connectivity index (χ1v) is 12.6. The number of allylic oxidation sites excluding steroid dienone is 2. The van der Waals surface area contributed by atoms with Gasteiger partial charge in [-0.25, -0.2) is 0 Å². The molecule has 0 amide bonds. The first-order valence-electron chi connectivity index (χ1n) is 12.6. The third-order valence-corrected chi connectivity index (χ3v) is 10.3. The van der Waals surface area contributed by atoms with Gasteiger partial charge in [-0.3, -0.25) is 4.79 Å². The molecule has 1 saturated heterocycles. The van der Waals surface area contributed by atoms with Crippen molar-refractivity contribution in [3.05, 3.63) is 23.4 Å². The largest absolute Gasteiger partial charge is 0.377 e. The fourth-order valence-electron chi connectivity index (χ4n) is 8.73. The highest BCUT2D eigenvalue weighted by Crippen LogP contribution is 2.67. The van der Waals surface area contributed by atoms with Crippen molar-refractivity contribution in [2.45, 2.75) is 91.4 Å². The first-order chi connectivity index (χ1) is 13.9. The van der Waals surface area contributed by atoms with Crippen LogP contribution in [0.15, 0.2) is 23.4 Å². The highest BCUT2D eigenvalue weighted by molar-refractivity contribution is 5.91. The third-order valence-electron chi connectivity index (χ3n) is 10.3. The van der Waals surface area contributed by atoms with Crippen LogP contribution in [0.3, 0.4) is 0 Å². The summed E-state index contributed by atoms with van der Waals surface area (Å²) in [7, 11) is 0. The van der Waals surface area contributed by atoms with E-state index in [4.69, 9.17) is 0 Å². The molecule has 0 unspecified atom stereocenters. The molecule has 3 saturated carbocycles. The van der Waals surface area contributed by atoms with Crippen LogP contribution in [0.5, 0.6) is 0 Å². The molecule has 0 aromatic carbocycles. The highest BCUT2D eigenvalue weighted by Gasteiger charge is 2.59. The number of rotatable bonds is 2. The minimum atomic E-state index is 0.314. The van der Waals surface area contributed by atoms with E-state index in [0.29, 0.717) is 16.6 Å². The van der Waals surface area contributed by atoms with Crippen molar-refractivity contribution < 1.29 is 4.79 Å². The Kier molecular flexibility index (Phi) is 4.99. The second-order valence-corrected chi connectivity index (χ2v) is 11.6. The summed E-state index contributed by atoms with van der Waals surface area (Å²) in [4.78, 5) is 14.7. The number of ketones is 1. The fraction of sp³-hybridized carbons (Fsp3) is 0.815. The second kappa shape index (κ2) is 7.27. The zero-order valence-electron chi connectivity index (χ0n) is 19.0. The molecule has 4 aliphatic carbocycles. The topological polar surface area (TPSA) is 20.3 Å². The van der Waals surface area contributed by atoms with E-state index in [2.05, 4.69) is 37.9 Å². The van der Waals surface area contributed by atoms with Gasteiger partial charge in [0, 0.05) is 19.5 Å². The van der Waals surface area contributed by atoms with Crippen molar-refractivity contribution >= 4 is 5.78 Å². The van der Waals surface area contributed by atoms with Gasteiger partial charge in [-0.05, 0) is 118 Å². The molecule has 0 aromatic rings. The molecule has 4 fully saturated rings. The van der Waals surface area contributed by atoms with Gasteiger partial charge in [0.05, 0.1) is 0 Å². The Labute approximate surface area is 178 Å². The number of hydrogen-bond acceptors (Lipinski definition) is 2. The molecular formula is C27H41NO. The molecule has 5 rings (SSSR count). The summed E-state index contributed by atoms with van der Waals surface area (Å²) in [5.74, 6) is 3.77. The van der Waals surface area contributed by atoms with Gasteiger partial charge in [-0.2, -0.15) is 0 Å². The number of nitrogens with zero attached hydrogens (tertiary/aromatic N) is 1. The zero-order valence-corrected chi connectivity index (χ0v) is 19.0. The molecule has 0 spiro atoms. The van der Waals surface area contributed by atoms with Crippen LogP contribution in [-0.2, 0) is 4.79 Å². The Morgan fingerprint density at radius 2 is 1.79 bits per heavy atom. The number of hydrogen-bond donors (Lipinski definition) is 0. The smallest absolute Gasteiger partial charge is 0.155 e. The monoisotopic (exact) mass is 395 g/mol. The van der Waals surface area contributed by atoms with E-state index < -0.39 is 0 Å². The van der Waals surface area contributed by atoms with Crippen molar-refractivity contribution in [2.24, 2.45) is 34.5 Å². The molecule has 0 bridgehead atoms. The molecule has 0 N–H and O–H groups in total. The Morgan fingerprint density at radius 3 is 2.59 bits per heavy atom. The molecule has 6 atom stereocenters. The zero-order chi connectivity index (χ0) is 20.2. The van der Waals surface area contributed by atoms with Gasteiger partial charge in [-0.1, -0.05) is 25.0 Å². The predicted molar refractivity (Wildman–Crippen MR) is 119 cm³/mol. The molecule has 1 heterocycles. The van der Waals surface area contributed by atoms with Crippen LogP contribution in [0.1, 0.15) is 91.4 Å². The summed E-state index contributed by atoms with van der Waals surface area (Å²) in [6.45, 7) is 10.1. The maximum absolute atomic E-state index is 12.0. The van der Waals surface area contributed by atoms with Crippen LogP contribution in [0.2, 0.25) is 0 Å². The molecule has 0 radical (unpaired) electrons. The standard InChI is InChI=1S/C27H41NO/c1-19(18-28-15-5-4-6-16-28)23-9-10-24-22-8-7-20-17-21(29)11-13-26(20,2)25(22)12-14-27(23,24)3/h17-18,22-25H,4-16H2,1-3H3/b19-18+/t22-,23+,24-,25-,26-,27+/m0/s1. The van der Waals surface area contributed by atoms with Gasteiger partial charge in [0.15, 0.2) is 5.78 Å². The van der Waals surface area contributed by atoms with E-state index in [1.807, 2.05) is 0 Å². The Bertz CT molecular complexity index is 729. The minimum Gasteiger partial charge on any atom is -0.377 e. The van der Waals surface area contributed by atoms with Gasteiger partial charge in [0.1, 0.15) is 0 Å². The third kappa shape index (κ3) is 3.15. The quantitative estimate of drug-likeness (QED) is 0.530. The molecule has 2 heteroatoms. The summed E-state index contributed by atoms with van der Waals surface area (Å²) in [5, 5.41) is 0. The highest BCUT2D eigenvalue weighted by atomic mass is 16.1. The van der Waals surface area contributed by atoms with Gasteiger partial charge >= 0.3 is 0 Å². The van der Waals surface area contributed by atoms with E-state index in [1.165, 1.54) is 76.5 Å². The second-order valence-electron chi connectivity index (χ2n) is 11.6. The van der Waals surface area contributed by atoms with Crippen molar-refractivity contribution in [3.8, 4) is 0 Å². The van der Waals surface area contributed by atoms with Gasteiger partial charge in [-0.15, -0.1) is 0 Å². The van der Waals surface area contributed by atoms with Crippen LogP contribution in [-0.4, -0.2) is 23.8 Å². The lowest BCUT2D eigenvalue weighted by Crippen LogP contribution is -2.50. The van der Waals surface area contributed by atoms with Crippen LogP contribution in [0.25, 0.3) is 0 Å². The van der Waals surface area contributed by atoms with Gasteiger partial charge < -0.3 is 4.90 Å². The van der Waals surface area contributed by atoms with Crippen molar-refractivity contribution in [3.63, 3.8) is 0 Å². The normalized spacial score (nSPS) is 45.3. The van der Waals surface area contributed by atoms with Crippen LogP contribution in [0.4, 0.5) is 0 Å². The molecule has 0 aromatic heterocycles. The van der Waals surface area contributed by atoms with Crippen LogP contribution < -0.4 is 0 Å². The van der Waals surface area contributed by atoms with E-state index in [1.54, 1.807) is 5.57 Å². The molecule has 160 valence electrons. The summed E-state index contributed by atoms with van der Waals surface area (Å²) < 4.78 is 0. The van der Waals surface area contributed by atoms with Crippen molar-refractivity contribution in [1.29, 1.82) is 0 Å². The lowest BCUT2D eigenvalue weighted by Gasteiger charge is -2.58. The van der Waals surface area contributed by atoms with Gasteiger partial charge in [0.2, 0.25) is 0 Å². The maximum atomic E-state index is 12.0. The van der Waals surface area contributed by atoms with E-state index >= 15 is 0 Å². The van der Waals surface area contributed by atoms with E-state index in [0.717, 1.165) is 36.5 Å². The molecule has 1 aliphatic heterocycles. The van der Waals surface area contributed by atoms with Crippen molar-refractivity contribution in [1.82, 2.24) is 4.90 Å². The van der Waals surface area contributed by atoms with Crippen LogP contribution in [0, 0.1) is 34.5 Å². The van der Waals surface area contributed by atoms with Gasteiger partial charge in [0.25, 0.3) is 0 Å². The SMILES string of the molecule is C/C(=C\N1CCCCC1)[C@H]1CC[C@H]2[C@@H]3CCC4=CC(=O)CC[C@]4(C)[C@H]3CC[C@]12C. The Balaban J connectivity index is 1.38. The number of carbonyl (C=O) groups is 1. The van der Waals surface area contributed by atoms with Crippen molar-refractivity contribution in [2.75, 3.05) is 13.1 Å². The lowest BCUT2D eigenvalue weighted by atomic mass is 9.46. The van der Waals surface area contributed by atoms with E-state index in [-0.39, 0.29) is 0 Å². The number of piperidine rings is 1. The number of fused-ring (bicyclic) bond motifs is 5. The summed E-state index contributed by atoms with van der Waals surface area (Å²) in [5.41, 5.74) is 3.99. The van der Waals surface area contributed by atoms with E-state index in [9.17, 15) is 4.79 Å². The molecular weight excluding hydrogens is 354 g/mol. The number of carbonyl (C=O) groups excluding carboxylic acids is 1. The minimum absolute atomic E-state index is 0.314. The maximum Gasteiger partial charge on any atom is 0.155 e. The average Bonchev–Trinajstić information content (AvgIpc) is 3.06.